The molecule has 1 aromatic carbocycles. The Morgan fingerprint density at radius 3 is 2.44 bits per heavy atom. The third-order valence-electron chi connectivity index (χ3n) is 3.99. The summed E-state index contributed by atoms with van der Waals surface area (Å²) in [4.78, 5) is 18.3. The van der Waals surface area contributed by atoms with Gasteiger partial charge in [-0.1, -0.05) is 0 Å². The fraction of sp³-hybridized carbons (Fsp3) is 0.529. The summed E-state index contributed by atoms with van der Waals surface area (Å²) < 4.78 is 10.5. The van der Waals surface area contributed by atoms with Gasteiger partial charge in [0.1, 0.15) is 0 Å². The van der Waals surface area contributed by atoms with Crippen molar-refractivity contribution in [1.82, 2.24) is 10.2 Å². The average Bonchev–Trinajstić information content (AvgIpc) is 2.65. The highest BCUT2D eigenvalue weighted by Crippen LogP contribution is 2.29. The molecule has 0 bridgehead atoms. The first-order valence-corrected chi connectivity index (χ1v) is 8.15. The van der Waals surface area contributed by atoms with E-state index in [0.29, 0.717) is 17.5 Å². The number of hydrogen-bond donors (Lipinski definition) is 2. The monoisotopic (exact) mass is 462 g/mol. The highest BCUT2D eigenvalue weighted by Gasteiger charge is 2.16. The molecule has 1 fully saturated rings. The number of carbonyl (C=O) groups excluding carboxylic acids is 1. The summed E-state index contributed by atoms with van der Waals surface area (Å²) in [5, 5.41) is 6.20. The molecule has 0 unspecified atom stereocenters. The van der Waals surface area contributed by atoms with E-state index < -0.39 is 0 Å². The summed E-state index contributed by atoms with van der Waals surface area (Å²) in [6, 6.07) is 5.49. The topological polar surface area (TPSA) is 75.2 Å². The third kappa shape index (κ3) is 6.26. The van der Waals surface area contributed by atoms with Gasteiger partial charge < -0.3 is 25.0 Å². The minimum absolute atomic E-state index is 0. The van der Waals surface area contributed by atoms with Crippen LogP contribution >= 0.6 is 24.0 Å². The van der Waals surface area contributed by atoms with Crippen LogP contribution in [-0.2, 0) is 4.79 Å². The normalized spacial score (nSPS) is 14.4. The number of rotatable bonds is 5. The van der Waals surface area contributed by atoms with Crippen molar-refractivity contribution in [2.24, 2.45) is 4.99 Å². The Kier molecular flexibility index (Phi) is 9.40. The first kappa shape index (κ1) is 21.3. The van der Waals surface area contributed by atoms with Crippen molar-refractivity contribution < 1.29 is 14.3 Å². The van der Waals surface area contributed by atoms with Gasteiger partial charge in [-0.2, -0.15) is 0 Å². The quantitative estimate of drug-likeness (QED) is 0.399. The summed E-state index contributed by atoms with van der Waals surface area (Å²) in [6.45, 7) is 1.93. The van der Waals surface area contributed by atoms with Crippen molar-refractivity contribution >= 4 is 41.5 Å². The van der Waals surface area contributed by atoms with Crippen LogP contribution < -0.4 is 20.1 Å². The number of guanidine groups is 1. The zero-order chi connectivity index (χ0) is 17.4. The Morgan fingerprint density at radius 2 is 1.84 bits per heavy atom. The number of amides is 1. The summed E-state index contributed by atoms with van der Waals surface area (Å²) >= 11 is 0. The molecule has 7 nitrogen and oxygen atoms in total. The molecular formula is C17H27IN4O3. The number of carbonyl (C=O) groups is 1. The molecule has 2 rings (SSSR count). The van der Waals surface area contributed by atoms with Crippen LogP contribution in [0.5, 0.6) is 11.5 Å². The number of aliphatic imine (C=N–C) groups is 1. The molecule has 1 aromatic rings. The second-order valence-electron chi connectivity index (χ2n) is 5.56. The Morgan fingerprint density at radius 1 is 1.16 bits per heavy atom. The van der Waals surface area contributed by atoms with Gasteiger partial charge in [-0.25, -0.2) is 0 Å². The van der Waals surface area contributed by atoms with Crippen molar-refractivity contribution in [3.63, 3.8) is 0 Å². The number of halogens is 1. The van der Waals surface area contributed by atoms with Gasteiger partial charge in [0.25, 0.3) is 0 Å². The second kappa shape index (κ2) is 11.0. The Bertz CT molecular complexity index is 589. The van der Waals surface area contributed by atoms with E-state index in [1.807, 2.05) is 23.1 Å². The van der Waals surface area contributed by atoms with Crippen LogP contribution in [0.4, 0.5) is 5.69 Å². The van der Waals surface area contributed by atoms with Crippen molar-refractivity contribution in [1.29, 1.82) is 0 Å². The van der Waals surface area contributed by atoms with Gasteiger partial charge in [-0.15, -0.1) is 24.0 Å². The lowest BCUT2D eigenvalue weighted by Crippen LogP contribution is -2.44. The number of ether oxygens (including phenoxy) is 2. The van der Waals surface area contributed by atoms with Crippen molar-refractivity contribution in [2.75, 3.05) is 46.2 Å². The predicted molar refractivity (Wildman–Crippen MR) is 110 cm³/mol. The molecule has 0 radical (unpaired) electrons. The first-order valence-electron chi connectivity index (χ1n) is 8.15. The molecular weight excluding hydrogens is 435 g/mol. The van der Waals surface area contributed by atoms with Gasteiger partial charge in [0.15, 0.2) is 17.5 Å². The molecule has 0 saturated carbocycles. The van der Waals surface area contributed by atoms with Crippen molar-refractivity contribution in [2.45, 2.75) is 19.3 Å². The van der Waals surface area contributed by atoms with E-state index in [2.05, 4.69) is 15.6 Å². The maximum atomic E-state index is 12.2. The number of methoxy groups -OCH3 is 2. The molecule has 1 aliphatic heterocycles. The van der Waals surface area contributed by atoms with Crippen molar-refractivity contribution in [3.05, 3.63) is 18.2 Å². The highest BCUT2D eigenvalue weighted by molar-refractivity contribution is 14.0. The Hall–Kier alpha value is -1.71. The standard InChI is InChI=1S/C17H26N4O3.HI/c1-18-17(19-12-16(22)21-9-5-4-6-10-21)20-13-7-8-14(23-2)15(11-13)24-3;/h7-8,11H,4-6,9-10,12H2,1-3H3,(H2,18,19,20);1H. The number of piperidine rings is 1. The first-order chi connectivity index (χ1) is 11.7. The van der Waals surface area contributed by atoms with Gasteiger partial charge in [0.05, 0.1) is 20.8 Å². The fourth-order valence-corrected chi connectivity index (χ4v) is 2.64. The minimum Gasteiger partial charge on any atom is -0.493 e. The maximum Gasteiger partial charge on any atom is 0.241 e. The molecule has 1 heterocycles. The van der Waals surface area contributed by atoms with E-state index >= 15 is 0 Å². The highest BCUT2D eigenvalue weighted by atomic mass is 127. The molecule has 25 heavy (non-hydrogen) atoms. The number of benzene rings is 1. The van der Waals surface area contributed by atoms with Crippen LogP contribution in [-0.4, -0.2) is 57.7 Å². The zero-order valence-electron chi connectivity index (χ0n) is 15.0. The lowest BCUT2D eigenvalue weighted by molar-refractivity contribution is -0.130. The van der Waals surface area contributed by atoms with Gasteiger partial charge >= 0.3 is 0 Å². The minimum atomic E-state index is 0. The average molecular weight is 462 g/mol. The lowest BCUT2D eigenvalue weighted by atomic mass is 10.1. The lowest BCUT2D eigenvalue weighted by Gasteiger charge is -2.27. The number of nitrogens with zero attached hydrogens (tertiary/aromatic N) is 2. The molecule has 0 atom stereocenters. The number of nitrogens with one attached hydrogen (secondary N) is 2. The van der Waals surface area contributed by atoms with Crippen LogP contribution in [0.1, 0.15) is 19.3 Å². The van der Waals surface area contributed by atoms with Gasteiger partial charge in [-0.05, 0) is 31.4 Å². The van der Waals surface area contributed by atoms with Crippen LogP contribution in [0, 0.1) is 0 Å². The summed E-state index contributed by atoms with van der Waals surface area (Å²) in [5.74, 6) is 1.92. The zero-order valence-corrected chi connectivity index (χ0v) is 17.3. The van der Waals surface area contributed by atoms with Crippen LogP contribution in [0.2, 0.25) is 0 Å². The van der Waals surface area contributed by atoms with Crippen molar-refractivity contribution in [3.8, 4) is 11.5 Å². The van der Waals surface area contributed by atoms with Gasteiger partial charge in [-0.3, -0.25) is 9.79 Å². The van der Waals surface area contributed by atoms with E-state index in [9.17, 15) is 4.79 Å². The van der Waals surface area contributed by atoms with Gasteiger partial charge in [0.2, 0.25) is 5.91 Å². The SMILES string of the molecule is CN=C(NCC(=O)N1CCCCC1)Nc1ccc(OC)c(OC)c1.I. The van der Waals surface area contributed by atoms with Crippen LogP contribution in [0.15, 0.2) is 23.2 Å². The molecule has 8 heteroatoms. The molecule has 0 spiro atoms. The summed E-state index contributed by atoms with van der Waals surface area (Å²) in [5.41, 5.74) is 0.797. The predicted octanol–water partition coefficient (Wildman–Crippen LogP) is 2.32. The van der Waals surface area contributed by atoms with Gasteiger partial charge in [0, 0.05) is 31.9 Å². The summed E-state index contributed by atoms with van der Waals surface area (Å²) in [6.07, 6.45) is 3.38. The molecule has 1 aliphatic rings. The molecule has 1 saturated heterocycles. The number of hydrogen-bond acceptors (Lipinski definition) is 4. The number of anilines is 1. The molecule has 1 amide bonds. The molecule has 0 aliphatic carbocycles. The maximum absolute atomic E-state index is 12.2. The fourth-order valence-electron chi connectivity index (χ4n) is 2.64. The largest absolute Gasteiger partial charge is 0.493 e. The molecule has 2 N–H and O–H groups in total. The second-order valence-corrected chi connectivity index (χ2v) is 5.56. The van der Waals surface area contributed by atoms with E-state index in [-0.39, 0.29) is 36.4 Å². The van der Waals surface area contributed by atoms with Crippen LogP contribution in [0.3, 0.4) is 0 Å². The van der Waals surface area contributed by atoms with E-state index in [1.165, 1.54) is 6.42 Å². The van der Waals surface area contributed by atoms with Crippen LogP contribution in [0.25, 0.3) is 0 Å². The third-order valence-corrected chi connectivity index (χ3v) is 3.99. The Balaban J connectivity index is 0.00000312. The van der Waals surface area contributed by atoms with E-state index in [4.69, 9.17) is 9.47 Å². The molecule has 140 valence electrons. The molecule has 0 aromatic heterocycles. The summed E-state index contributed by atoms with van der Waals surface area (Å²) in [7, 11) is 4.85. The smallest absolute Gasteiger partial charge is 0.241 e. The van der Waals surface area contributed by atoms with E-state index in [1.54, 1.807) is 21.3 Å². The van der Waals surface area contributed by atoms with E-state index in [0.717, 1.165) is 31.6 Å². The Labute approximate surface area is 166 Å². The number of likely N-dealkylation sites (tertiary alicyclic amines) is 1.